The number of ether oxygens (including phenoxy) is 1. The number of aliphatic imine (C=N–C) groups is 1. The fourth-order valence-corrected chi connectivity index (χ4v) is 1.39. The number of benzene rings is 1. The molecule has 0 amide bonds. The standard InChI is InChI=1S/C12H18N4O/c13-16-12(15-10-6-7-10)14-8-9-17-11-4-2-1-3-5-11/h1-5,10H,6-9,13H2,(H2,14,15,16). The average Bonchev–Trinajstić information content (AvgIpc) is 3.18. The van der Waals surface area contributed by atoms with Crippen LogP contribution < -0.4 is 21.3 Å². The quantitative estimate of drug-likeness (QED) is 0.230. The lowest BCUT2D eigenvalue weighted by molar-refractivity contribution is 0.328. The summed E-state index contributed by atoms with van der Waals surface area (Å²) in [5.74, 6) is 6.86. The maximum Gasteiger partial charge on any atom is 0.206 e. The van der Waals surface area contributed by atoms with Crippen LogP contribution in [-0.2, 0) is 0 Å². The first-order chi connectivity index (χ1) is 8.38. The summed E-state index contributed by atoms with van der Waals surface area (Å²) in [4.78, 5) is 4.28. The lowest BCUT2D eigenvalue weighted by atomic mass is 10.3. The summed E-state index contributed by atoms with van der Waals surface area (Å²) in [6, 6.07) is 10.2. The summed E-state index contributed by atoms with van der Waals surface area (Å²) in [6.45, 7) is 1.12. The third-order valence-electron chi connectivity index (χ3n) is 2.43. The van der Waals surface area contributed by atoms with Crippen molar-refractivity contribution in [3.63, 3.8) is 0 Å². The van der Waals surface area contributed by atoms with Gasteiger partial charge in [-0.2, -0.15) is 0 Å². The molecule has 5 heteroatoms. The molecule has 0 aliphatic heterocycles. The van der Waals surface area contributed by atoms with Crippen LogP contribution in [0.15, 0.2) is 35.3 Å². The maximum absolute atomic E-state index is 5.52. The van der Waals surface area contributed by atoms with Crippen LogP contribution in [0, 0.1) is 0 Å². The second-order valence-corrected chi connectivity index (χ2v) is 3.95. The number of nitrogens with one attached hydrogen (secondary N) is 2. The van der Waals surface area contributed by atoms with Crippen LogP contribution >= 0.6 is 0 Å². The topological polar surface area (TPSA) is 71.7 Å². The number of nitrogens with zero attached hydrogens (tertiary/aromatic N) is 1. The van der Waals surface area contributed by atoms with Crippen LogP contribution in [0.5, 0.6) is 5.75 Å². The molecule has 0 unspecified atom stereocenters. The predicted molar refractivity (Wildman–Crippen MR) is 67.7 cm³/mol. The normalized spacial score (nSPS) is 15.5. The molecule has 5 nitrogen and oxygen atoms in total. The highest BCUT2D eigenvalue weighted by Crippen LogP contribution is 2.18. The van der Waals surface area contributed by atoms with Crippen molar-refractivity contribution in [2.45, 2.75) is 18.9 Å². The van der Waals surface area contributed by atoms with Crippen molar-refractivity contribution in [3.05, 3.63) is 30.3 Å². The number of hydrogen-bond acceptors (Lipinski definition) is 3. The van der Waals surface area contributed by atoms with Gasteiger partial charge in [0, 0.05) is 6.04 Å². The Kier molecular flexibility index (Phi) is 4.21. The predicted octanol–water partition coefficient (Wildman–Crippen LogP) is 0.637. The minimum absolute atomic E-state index is 0.542. The van der Waals surface area contributed by atoms with Crippen LogP contribution in [0.2, 0.25) is 0 Å². The number of hydrogen-bond donors (Lipinski definition) is 3. The van der Waals surface area contributed by atoms with E-state index >= 15 is 0 Å². The van der Waals surface area contributed by atoms with Gasteiger partial charge in [-0.3, -0.25) is 5.43 Å². The minimum Gasteiger partial charge on any atom is -0.492 e. The van der Waals surface area contributed by atoms with Gasteiger partial charge in [-0.15, -0.1) is 0 Å². The third-order valence-corrected chi connectivity index (χ3v) is 2.43. The average molecular weight is 234 g/mol. The highest BCUT2D eigenvalue weighted by atomic mass is 16.5. The molecule has 0 atom stereocenters. The number of guanidine groups is 1. The Morgan fingerprint density at radius 3 is 2.76 bits per heavy atom. The van der Waals surface area contributed by atoms with E-state index in [9.17, 15) is 0 Å². The molecule has 1 saturated carbocycles. The zero-order chi connectivity index (χ0) is 11.9. The Labute approximate surface area is 101 Å². The van der Waals surface area contributed by atoms with Crippen molar-refractivity contribution in [3.8, 4) is 5.75 Å². The fourth-order valence-electron chi connectivity index (χ4n) is 1.39. The molecule has 17 heavy (non-hydrogen) atoms. The van der Waals surface area contributed by atoms with Gasteiger partial charge in [0.2, 0.25) is 5.96 Å². The van der Waals surface area contributed by atoms with Crippen molar-refractivity contribution in [1.29, 1.82) is 0 Å². The van der Waals surface area contributed by atoms with Crippen molar-refractivity contribution in [2.75, 3.05) is 13.2 Å². The molecule has 1 aromatic rings. The lowest BCUT2D eigenvalue weighted by Crippen LogP contribution is -2.42. The lowest BCUT2D eigenvalue weighted by Gasteiger charge is -2.08. The van der Waals surface area contributed by atoms with Gasteiger partial charge in [0.15, 0.2) is 0 Å². The van der Waals surface area contributed by atoms with Crippen molar-refractivity contribution < 1.29 is 4.74 Å². The Morgan fingerprint density at radius 1 is 1.35 bits per heavy atom. The first-order valence-corrected chi connectivity index (χ1v) is 5.84. The van der Waals surface area contributed by atoms with E-state index in [0.717, 1.165) is 5.75 Å². The molecule has 1 aliphatic carbocycles. The zero-order valence-corrected chi connectivity index (χ0v) is 9.73. The van der Waals surface area contributed by atoms with Crippen LogP contribution in [0.1, 0.15) is 12.8 Å². The first-order valence-electron chi connectivity index (χ1n) is 5.84. The highest BCUT2D eigenvalue weighted by molar-refractivity contribution is 5.79. The van der Waals surface area contributed by atoms with E-state index in [2.05, 4.69) is 15.7 Å². The largest absolute Gasteiger partial charge is 0.492 e. The van der Waals surface area contributed by atoms with Gasteiger partial charge in [-0.25, -0.2) is 10.8 Å². The van der Waals surface area contributed by atoms with E-state index in [4.69, 9.17) is 10.6 Å². The van der Waals surface area contributed by atoms with Crippen LogP contribution in [0.4, 0.5) is 0 Å². The third kappa shape index (κ3) is 4.32. The molecule has 4 N–H and O–H groups in total. The second kappa shape index (κ2) is 6.10. The molecular weight excluding hydrogens is 216 g/mol. The van der Waals surface area contributed by atoms with Gasteiger partial charge in [-0.05, 0) is 25.0 Å². The Hall–Kier alpha value is -1.75. The van der Waals surface area contributed by atoms with E-state index in [-0.39, 0.29) is 0 Å². The Bertz CT molecular complexity index is 362. The van der Waals surface area contributed by atoms with Gasteiger partial charge in [0.05, 0.1) is 6.54 Å². The van der Waals surface area contributed by atoms with Gasteiger partial charge in [0.1, 0.15) is 12.4 Å². The van der Waals surface area contributed by atoms with E-state index in [1.165, 1.54) is 12.8 Å². The molecule has 0 aromatic heterocycles. The number of para-hydroxylation sites is 1. The van der Waals surface area contributed by atoms with Crippen LogP contribution in [0.3, 0.4) is 0 Å². The van der Waals surface area contributed by atoms with Gasteiger partial charge in [-0.1, -0.05) is 18.2 Å². The molecular formula is C12H18N4O. The molecule has 0 bridgehead atoms. The van der Waals surface area contributed by atoms with Crippen molar-refractivity contribution in [1.82, 2.24) is 10.7 Å². The van der Waals surface area contributed by atoms with Crippen LogP contribution in [0.25, 0.3) is 0 Å². The monoisotopic (exact) mass is 234 g/mol. The Balaban J connectivity index is 1.68. The summed E-state index contributed by atoms with van der Waals surface area (Å²) in [7, 11) is 0. The fraction of sp³-hybridized carbons (Fsp3) is 0.417. The summed E-state index contributed by atoms with van der Waals surface area (Å²) in [5.41, 5.74) is 2.56. The minimum atomic E-state index is 0.542. The summed E-state index contributed by atoms with van der Waals surface area (Å²) in [5, 5.41) is 3.20. The smallest absolute Gasteiger partial charge is 0.206 e. The van der Waals surface area contributed by atoms with Gasteiger partial charge < -0.3 is 10.1 Å². The molecule has 1 fully saturated rings. The molecule has 92 valence electrons. The van der Waals surface area contributed by atoms with E-state index in [1.54, 1.807) is 0 Å². The van der Waals surface area contributed by atoms with Gasteiger partial charge >= 0.3 is 0 Å². The number of hydrazine groups is 1. The van der Waals surface area contributed by atoms with Crippen molar-refractivity contribution in [2.24, 2.45) is 10.8 Å². The van der Waals surface area contributed by atoms with Crippen LogP contribution in [-0.4, -0.2) is 25.2 Å². The van der Waals surface area contributed by atoms with E-state index < -0.39 is 0 Å². The summed E-state index contributed by atoms with van der Waals surface area (Å²) >= 11 is 0. The first kappa shape index (κ1) is 11.7. The maximum atomic E-state index is 5.52. The van der Waals surface area contributed by atoms with E-state index in [1.807, 2.05) is 30.3 Å². The number of rotatable bonds is 5. The summed E-state index contributed by atoms with van der Waals surface area (Å²) in [6.07, 6.45) is 2.39. The Morgan fingerprint density at radius 2 is 2.12 bits per heavy atom. The molecule has 0 heterocycles. The van der Waals surface area contributed by atoms with Crippen molar-refractivity contribution >= 4 is 5.96 Å². The van der Waals surface area contributed by atoms with E-state index in [0.29, 0.717) is 25.2 Å². The molecule has 1 aliphatic rings. The molecule has 2 rings (SSSR count). The molecule has 0 spiro atoms. The summed E-state index contributed by atoms with van der Waals surface area (Å²) < 4.78 is 5.52. The molecule has 0 saturated heterocycles. The SMILES string of the molecule is NNC(=NCCOc1ccccc1)NC1CC1. The number of nitrogens with two attached hydrogens (primary N) is 1. The zero-order valence-electron chi connectivity index (χ0n) is 9.73. The molecule has 0 radical (unpaired) electrons. The molecule has 1 aromatic carbocycles. The second-order valence-electron chi connectivity index (χ2n) is 3.95. The highest BCUT2D eigenvalue weighted by Gasteiger charge is 2.21. The van der Waals surface area contributed by atoms with Gasteiger partial charge in [0.25, 0.3) is 0 Å².